The number of amides is 1. The van der Waals surface area contributed by atoms with Crippen molar-refractivity contribution in [2.75, 3.05) is 51.0 Å². The van der Waals surface area contributed by atoms with Gasteiger partial charge in [0, 0.05) is 56.0 Å². The van der Waals surface area contributed by atoms with Gasteiger partial charge in [-0.1, -0.05) is 12.1 Å². The molecule has 0 bridgehead atoms. The Morgan fingerprint density at radius 2 is 1.65 bits per heavy atom. The minimum atomic E-state index is -0.891. The highest BCUT2D eigenvalue weighted by molar-refractivity contribution is 6.07. The number of rotatable bonds is 10. The fourth-order valence-corrected chi connectivity index (χ4v) is 8.22. The first-order valence-corrected chi connectivity index (χ1v) is 18.7. The number of quaternary nitrogens is 1. The summed E-state index contributed by atoms with van der Waals surface area (Å²) < 4.78 is 43.3. The standard InChI is InChI=1S/C42H42F2N8O3/c1-54-35-15-12-27(25-30(35)41(53)50-39-31(43)9-8-10-32(39)44)38-40(51-22-5-4-11-37(51)49-38)34-18-21-46-42(48-34)47-33-14-13-29(26-36(33)55-2)52(23-6-3-7-24-52)28-16-19-45-20-17-28/h4-5,8-15,18,21-22,25-26,28,45H,3,6-7,16-17,19-20,23-24H2,1-2H3,(H-,46,47,48,50,53)/p+1. The van der Waals surface area contributed by atoms with Crippen molar-refractivity contribution in [3.05, 3.63) is 108 Å². The number of nitrogens with one attached hydrogen (secondary N) is 3. The number of benzene rings is 3. The molecule has 0 atom stereocenters. The number of nitrogens with zero attached hydrogens (tertiary/aromatic N) is 5. The molecule has 0 radical (unpaired) electrons. The number of imidazole rings is 1. The summed E-state index contributed by atoms with van der Waals surface area (Å²) in [7, 11) is 3.11. The fraction of sp³-hybridized carbons (Fsp3) is 0.286. The Labute approximate surface area is 318 Å². The van der Waals surface area contributed by atoms with Gasteiger partial charge in [0.05, 0.1) is 61.7 Å². The maximum atomic E-state index is 14.5. The van der Waals surface area contributed by atoms with E-state index in [1.807, 2.05) is 28.8 Å². The molecule has 1 amide bonds. The third kappa shape index (κ3) is 6.96. The number of pyridine rings is 1. The molecule has 3 N–H and O–H groups in total. The molecule has 2 aliphatic rings. The molecule has 0 aliphatic carbocycles. The maximum absolute atomic E-state index is 14.5. The van der Waals surface area contributed by atoms with Crippen molar-refractivity contribution in [2.24, 2.45) is 0 Å². The average molecular weight is 746 g/mol. The van der Waals surface area contributed by atoms with E-state index in [9.17, 15) is 13.6 Å². The average Bonchev–Trinajstić information content (AvgIpc) is 3.62. The first kappa shape index (κ1) is 36.1. The van der Waals surface area contributed by atoms with Crippen LogP contribution in [0.2, 0.25) is 0 Å². The summed E-state index contributed by atoms with van der Waals surface area (Å²) >= 11 is 0. The fourth-order valence-electron chi connectivity index (χ4n) is 8.22. The Balaban J connectivity index is 1.14. The summed E-state index contributed by atoms with van der Waals surface area (Å²) in [6, 6.07) is 22.9. The molecule has 0 spiro atoms. The second kappa shape index (κ2) is 15.4. The molecular formula is C42H43F2N8O3+. The number of methoxy groups -OCH3 is 2. The van der Waals surface area contributed by atoms with Gasteiger partial charge in [0.1, 0.15) is 40.2 Å². The zero-order valence-corrected chi connectivity index (χ0v) is 30.8. The summed E-state index contributed by atoms with van der Waals surface area (Å²) in [6.07, 6.45) is 9.60. The van der Waals surface area contributed by atoms with E-state index in [-0.39, 0.29) is 11.3 Å². The summed E-state index contributed by atoms with van der Waals surface area (Å²) in [5.74, 6) is -1.22. The van der Waals surface area contributed by atoms with Crippen LogP contribution >= 0.6 is 0 Å². The Hall–Kier alpha value is -5.92. The van der Waals surface area contributed by atoms with Gasteiger partial charge in [-0.05, 0) is 73.9 Å². The summed E-state index contributed by atoms with van der Waals surface area (Å²) in [5, 5.41) is 9.30. The van der Waals surface area contributed by atoms with Crippen molar-refractivity contribution in [3.8, 4) is 34.1 Å². The number of para-hydroxylation sites is 1. The third-order valence-corrected chi connectivity index (χ3v) is 10.9. The van der Waals surface area contributed by atoms with Crippen molar-refractivity contribution in [3.63, 3.8) is 0 Å². The molecule has 2 saturated heterocycles. The van der Waals surface area contributed by atoms with Gasteiger partial charge in [-0.15, -0.1) is 0 Å². The van der Waals surface area contributed by atoms with Gasteiger partial charge in [-0.2, -0.15) is 0 Å². The van der Waals surface area contributed by atoms with Crippen LogP contribution in [0.4, 0.5) is 31.8 Å². The molecule has 6 aromatic rings. The molecule has 0 unspecified atom stereocenters. The van der Waals surface area contributed by atoms with Crippen molar-refractivity contribution >= 4 is 34.6 Å². The van der Waals surface area contributed by atoms with E-state index in [0.29, 0.717) is 40.3 Å². The van der Waals surface area contributed by atoms with Crippen LogP contribution in [0.1, 0.15) is 42.5 Å². The number of hydrogen-bond donors (Lipinski definition) is 3. The van der Waals surface area contributed by atoms with Crippen LogP contribution in [0.15, 0.2) is 91.3 Å². The second-order valence-corrected chi connectivity index (χ2v) is 14.0. The quantitative estimate of drug-likeness (QED) is 0.121. The van der Waals surface area contributed by atoms with Crippen LogP contribution in [-0.2, 0) is 0 Å². The largest absolute Gasteiger partial charge is 0.496 e. The zero-order chi connectivity index (χ0) is 37.9. The molecule has 3 aromatic heterocycles. The number of aromatic nitrogens is 4. The lowest BCUT2D eigenvalue weighted by atomic mass is 9.95. The number of carbonyl (C=O) groups excluding carboxylic acids is 1. The molecule has 0 saturated carbocycles. The van der Waals surface area contributed by atoms with E-state index >= 15 is 0 Å². The van der Waals surface area contributed by atoms with Crippen molar-refractivity contribution in [1.82, 2.24) is 29.2 Å². The van der Waals surface area contributed by atoms with Gasteiger partial charge in [0.2, 0.25) is 5.95 Å². The number of ether oxygens (including phenoxy) is 2. The first-order valence-electron chi connectivity index (χ1n) is 18.7. The Morgan fingerprint density at radius 1 is 0.873 bits per heavy atom. The highest BCUT2D eigenvalue weighted by atomic mass is 19.1. The molecule has 282 valence electrons. The van der Waals surface area contributed by atoms with Crippen molar-refractivity contribution in [2.45, 2.75) is 38.1 Å². The van der Waals surface area contributed by atoms with Gasteiger partial charge in [0.15, 0.2) is 0 Å². The maximum Gasteiger partial charge on any atom is 0.259 e. The van der Waals surface area contributed by atoms with Crippen LogP contribution in [0.5, 0.6) is 11.5 Å². The van der Waals surface area contributed by atoms with Crippen molar-refractivity contribution < 1.29 is 23.0 Å². The number of anilines is 3. The Bertz CT molecular complexity index is 2330. The lowest BCUT2D eigenvalue weighted by Crippen LogP contribution is -2.62. The number of hydrogen-bond acceptors (Lipinski definition) is 8. The number of halogens is 2. The van der Waals surface area contributed by atoms with Crippen molar-refractivity contribution in [1.29, 1.82) is 0 Å². The number of carbonyl (C=O) groups is 1. The van der Waals surface area contributed by atoms with Crippen LogP contribution in [0, 0.1) is 11.6 Å². The van der Waals surface area contributed by atoms with Crippen LogP contribution in [0.25, 0.3) is 28.3 Å². The van der Waals surface area contributed by atoms with E-state index < -0.39 is 23.2 Å². The highest BCUT2D eigenvalue weighted by Gasteiger charge is 2.41. The minimum absolute atomic E-state index is 0.0695. The van der Waals surface area contributed by atoms with Crippen LogP contribution in [0.3, 0.4) is 0 Å². The van der Waals surface area contributed by atoms with E-state index in [4.69, 9.17) is 19.4 Å². The van der Waals surface area contributed by atoms with E-state index in [1.54, 1.807) is 37.6 Å². The summed E-state index contributed by atoms with van der Waals surface area (Å²) in [5.41, 5.74) is 4.52. The van der Waals surface area contributed by atoms with Crippen LogP contribution in [-0.4, -0.2) is 71.7 Å². The minimum Gasteiger partial charge on any atom is -0.496 e. The number of likely N-dealkylation sites (tertiary alicyclic amines) is 1. The van der Waals surface area contributed by atoms with Gasteiger partial charge < -0.3 is 25.4 Å². The van der Waals surface area contributed by atoms with Gasteiger partial charge in [-0.3, -0.25) is 13.7 Å². The normalized spacial score (nSPS) is 15.8. The lowest BCUT2D eigenvalue weighted by Gasteiger charge is -2.48. The number of fused-ring (bicyclic) bond motifs is 1. The molecular weight excluding hydrogens is 703 g/mol. The topological polar surface area (TPSA) is 115 Å². The molecule has 55 heavy (non-hydrogen) atoms. The molecule has 11 nitrogen and oxygen atoms in total. The van der Waals surface area contributed by atoms with E-state index in [2.05, 4.69) is 39.1 Å². The molecule has 5 heterocycles. The molecule has 8 rings (SSSR count). The van der Waals surface area contributed by atoms with E-state index in [1.165, 1.54) is 38.1 Å². The number of piperidine rings is 2. The molecule has 2 aliphatic heterocycles. The van der Waals surface area contributed by atoms with Crippen LogP contribution < -0.4 is 29.9 Å². The van der Waals surface area contributed by atoms with E-state index in [0.717, 1.165) is 67.1 Å². The molecule has 3 aromatic carbocycles. The molecule has 2 fully saturated rings. The zero-order valence-electron chi connectivity index (χ0n) is 30.8. The summed E-state index contributed by atoms with van der Waals surface area (Å²) in [6.45, 7) is 4.37. The predicted octanol–water partition coefficient (Wildman–Crippen LogP) is 7.99. The van der Waals surface area contributed by atoms with Gasteiger partial charge >= 0.3 is 0 Å². The predicted molar refractivity (Wildman–Crippen MR) is 210 cm³/mol. The SMILES string of the molecule is COc1cc([N+]2(C3CCNCC3)CCCCC2)ccc1Nc1nccc(-c2c(-c3ccc(OC)c(C(=O)Nc4c(F)cccc4F)c3)nc3ccccn23)n1. The monoisotopic (exact) mass is 745 g/mol. The molecule has 13 heteroatoms. The third-order valence-electron chi connectivity index (χ3n) is 10.9. The Kier molecular flexibility index (Phi) is 10.1. The first-order chi connectivity index (χ1) is 26.9. The summed E-state index contributed by atoms with van der Waals surface area (Å²) in [4.78, 5) is 27.9. The van der Waals surface area contributed by atoms with Gasteiger partial charge in [0.25, 0.3) is 5.91 Å². The second-order valence-electron chi connectivity index (χ2n) is 14.0. The van der Waals surface area contributed by atoms with Gasteiger partial charge in [-0.25, -0.2) is 23.7 Å². The lowest BCUT2D eigenvalue weighted by molar-refractivity contribution is 0.102. The Morgan fingerprint density at radius 3 is 2.42 bits per heavy atom. The smallest absolute Gasteiger partial charge is 0.259 e. The highest BCUT2D eigenvalue weighted by Crippen LogP contribution is 2.40.